The molecule has 40 heavy (non-hydrogen) atoms. The SMILES string of the molecule is C[N+]1(C(F)(F)C(F)(F)C(F)(F)C(F)(F)C(F)(F)C(F)(F)F)O[C@@]1(F)C(F)(F)C(F)(F)C(F)(F)C(F)(F)C(F)(F)F. The van der Waals surface area contributed by atoms with Crippen LogP contribution in [0.2, 0.25) is 0 Å². The van der Waals surface area contributed by atoms with Gasteiger partial charge in [-0.3, -0.25) is 0 Å². The third-order valence-electron chi connectivity index (χ3n) is 5.20. The number of alkyl halides is 25. The van der Waals surface area contributed by atoms with Crippen molar-refractivity contribution in [2.75, 3.05) is 7.05 Å². The van der Waals surface area contributed by atoms with Gasteiger partial charge in [-0.1, -0.05) is 4.84 Å². The zero-order valence-electron chi connectivity index (χ0n) is 17.3. The van der Waals surface area contributed by atoms with Crippen LogP contribution in [0.15, 0.2) is 0 Å². The molecular weight excluding hydrogens is 661 g/mol. The van der Waals surface area contributed by atoms with Crippen molar-refractivity contribution in [2.45, 2.75) is 71.8 Å². The van der Waals surface area contributed by atoms with Gasteiger partial charge in [-0.25, -0.2) is 0 Å². The van der Waals surface area contributed by atoms with Gasteiger partial charge in [0.2, 0.25) is 0 Å². The molecule has 0 saturated carbocycles. The molecule has 0 aromatic carbocycles. The van der Waals surface area contributed by atoms with Crippen molar-refractivity contribution < 1.29 is 119 Å². The topological polar surface area (TPSA) is 12.5 Å². The van der Waals surface area contributed by atoms with Gasteiger partial charge in [0.1, 0.15) is 7.05 Å². The Balaban J connectivity index is 3.80. The largest absolute Gasteiger partial charge is 0.506 e. The molecule has 1 aliphatic heterocycles. The van der Waals surface area contributed by atoms with E-state index in [-0.39, 0.29) is 0 Å². The number of rotatable bonds is 9. The van der Waals surface area contributed by atoms with E-state index in [0.717, 1.165) is 0 Å². The average molecular weight is 664 g/mol. The molecule has 0 aliphatic carbocycles. The van der Waals surface area contributed by atoms with Gasteiger partial charge < -0.3 is 0 Å². The average Bonchev–Trinajstić information content (AvgIpc) is 3.30. The maximum Gasteiger partial charge on any atom is 0.506 e. The van der Waals surface area contributed by atoms with Crippen molar-refractivity contribution in [1.29, 1.82) is 0 Å². The zero-order chi connectivity index (χ0) is 33.2. The van der Waals surface area contributed by atoms with Crippen LogP contribution in [-0.4, -0.2) is 83.5 Å². The van der Waals surface area contributed by atoms with E-state index in [1.165, 1.54) is 0 Å². The fourth-order valence-corrected chi connectivity index (χ4v) is 2.58. The summed E-state index contributed by atoms with van der Waals surface area (Å²) in [5, 5.41) is 0. The van der Waals surface area contributed by atoms with Gasteiger partial charge in [0.25, 0.3) is 0 Å². The van der Waals surface area contributed by atoms with E-state index in [0.29, 0.717) is 0 Å². The Bertz CT molecular complexity index is 990. The summed E-state index contributed by atoms with van der Waals surface area (Å²) in [6, 6.07) is -8.27. The maximum atomic E-state index is 14.3. The van der Waals surface area contributed by atoms with Crippen LogP contribution in [0.3, 0.4) is 0 Å². The number of halogens is 25. The molecule has 1 fully saturated rings. The van der Waals surface area contributed by atoms with Crippen LogP contribution in [0.4, 0.5) is 110 Å². The first-order chi connectivity index (χ1) is 16.7. The predicted octanol–water partition coefficient (Wildman–Crippen LogP) is 7.80. The van der Waals surface area contributed by atoms with Crippen molar-refractivity contribution in [2.24, 2.45) is 0 Å². The molecule has 0 bridgehead atoms. The van der Waals surface area contributed by atoms with Gasteiger partial charge >= 0.3 is 71.8 Å². The van der Waals surface area contributed by atoms with Gasteiger partial charge in [0.15, 0.2) is 0 Å². The Kier molecular flexibility index (Phi) is 7.39. The van der Waals surface area contributed by atoms with Gasteiger partial charge in [0.05, 0.1) is 0 Å². The lowest BCUT2D eigenvalue weighted by atomic mass is 9.94. The van der Waals surface area contributed by atoms with E-state index in [2.05, 4.69) is 4.84 Å². The van der Waals surface area contributed by atoms with Crippen LogP contribution < -0.4 is 0 Å². The summed E-state index contributed by atoms with van der Waals surface area (Å²) in [4.78, 5) is 2.21. The summed E-state index contributed by atoms with van der Waals surface area (Å²) in [5.74, 6) is -76.4. The third kappa shape index (κ3) is 3.69. The molecule has 2 nitrogen and oxygen atoms in total. The normalized spacial score (nSPS) is 25.4. The smallest absolute Gasteiger partial charge is 0.192 e. The minimum Gasteiger partial charge on any atom is -0.192 e. The van der Waals surface area contributed by atoms with E-state index in [4.69, 9.17) is 0 Å². The second kappa shape index (κ2) is 8.17. The van der Waals surface area contributed by atoms with Crippen molar-refractivity contribution >= 4 is 0 Å². The lowest BCUT2D eigenvalue weighted by Crippen LogP contribution is -2.75. The van der Waals surface area contributed by atoms with Crippen LogP contribution >= 0.6 is 0 Å². The molecule has 1 heterocycles. The van der Waals surface area contributed by atoms with Crippen molar-refractivity contribution in [3.05, 3.63) is 0 Å². The molecule has 0 N–H and O–H groups in total. The molecule has 240 valence electrons. The number of quaternary nitrogens is 1. The van der Waals surface area contributed by atoms with Crippen molar-refractivity contribution in [3.8, 4) is 0 Å². The molecule has 0 spiro atoms. The Hall–Kier alpha value is -1.83. The predicted molar refractivity (Wildman–Crippen MR) is 67.7 cm³/mol. The summed E-state index contributed by atoms with van der Waals surface area (Å²) in [6.07, 6.45) is -16.0. The summed E-state index contributed by atoms with van der Waals surface area (Å²) in [6.45, 7) is 0. The summed E-state index contributed by atoms with van der Waals surface area (Å²) in [7, 11) is -1.69. The van der Waals surface area contributed by atoms with Crippen LogP contribution in [0.1, 0.15) is 0 Å². The highest BCUT2D eigenvalue weighted by molar-refractivity contribution is 5.12. The molecule has 27 heteroatoms. The first-order valence-electron chi connectivity index (χ1n) is 8.51. The lowest BCUT2D eigenvalue weighted by Gasteiger charge is -2.40. The van der Waals surface area contributed by atoms with E-state index >= 15 is 0 Å². The molecule has 0 amide bonds. The maximum absolute atomic E-state index is 14.3. The van der Waals surface area contributed by atoms with Crippen molar-refractivity contribution in [3.63, 3.8) is 0 Å². The quantitative estimate of drug-likeness (QED) is 0.106. The standard InChI is InChI=1S/C13H3F25NO/c1-39(12(36,37)8(26,27)4(18,19)2(14,15)6(22,23)10(30,31)32)13(38,40-39)9(28,29)5(20,21)3(16,17)7(24,25)11(33,34)35/h1H3/q+1/t13-,39?/m1/s1. The first-order valence-corrected chi connectivity index (χ1v) is 8.51. The van der Waals surface area contributed by atoms with Gasteiger partial charge in [-0.05, 0) is 4.65 Å². The Morgan fingerprint density at radius 3 is 0.925 bits per heavy atom. The lowest BCUT2D eigenvalue weighted by molar-refractivity contribution is -1.01. The summed E-state index contributed by atoms with van der Waals surface area (Å²) < 4.78 is 322. The molecule has 0 radical (unpaired) electrons. The van der Waals surface area contributed by atoms with Crippen molar-refractivity contribution in [1.82, 2.24) is 0 Å². The second-order valence-corrected chi connectivity index (χ2v) is 7.71. The fourth-order valence-electron chi connectivity index (χ4n) is 2.58. The van der Waals surface area contributed by atoms with Crippen LogP contribution in [0.25, 0.3) is 0 Å². The Morgan fingerprint density at radius 2 is 0.650 bits per heavy atom. The highest BCUT2D eigenvalue weighted by Gasteiger charge is 3.08. The van der Waals surface area contributed by atoms with E-state index < -0.39 is 83.5 Å². The molecule has 0 aromatic rings. The highest BCUT2D eigenvalue weighted by atomic mass is 19.4. The summed E-state index contributed by atoms with van der Waals surface area (Å²) in [5.41, 5.74) is 0. The zero-order valence-corrected chi connectivity index (χ0v) is 17.3. The van der Waals surface area contributed by atoms with Gasteiger partial charge in [0, 0.05) is 0 Å². The Labute approximate surface area is 199 Å². The fraction of sp³-hybridized carbons (Fsp3) is 1.00. The van der Waals surface area contributed by atoms with E-state index in [9.17, 15) is 110 Å². The monoisotopic (exact) mass is 664 g/mol. The molecule has 1 aliphatic rings. The number of hydrogen-bond donors (Lipinski definition) is 0. The minimum absolute atomic E-state index is 1.69. The molecule has 1 rings (SSSR count). The van der Waals surface area contributed by atoms with E-state index in [1.54, 1.807) is 0 Å². The Morgan fingerprint density at radius 1 is 0.400 bits per heavy atom. The van der Waals surface area contributed by atoms with Gasteiger partial charge in [-0.15, -0.1) is 13.2 Å². The molecule has 0 aromatic heterocycles. The molecular formula is C13H3F25NO+. The summed E-state index contributed by atoms with van der Waals surface area (Å²) >= 11 is 0. The van der Waals surface area contributed by atoms with Crippen LogP contribution in [-0.2, 0) is 4.84 Å². The second-order valence-electron chi connectivity index (χ2n) is 7.71. The number of hydroxylamine groups is 3. The van der Waals surface area contributed by atoms with Crippen LogP contribution in [0, 0.1) is 0 Å². The van der Waals surface area contributed by atoms with Gasteiger partial charge in [-0.2, -0.15) is 96.6 Å². The first kappa shape index (κ1) is 36.2. The van der Waals surface area contributed by atoms with Crippen LogP contribution in [0.5, 0.6) is 0 Å². The third-order valence-corrected chi connectivity index (χ3v) is 5.20. The number of nitrogens with zero attached hydrogens (tertiary/aromatic N) is 1. The number of hydrogen-bond acceptors (Lipinski definition) is 1. The van der Waals surface area contributed by atoms with E-state index in [1.807, 2.05) is 0 Å². The molecule has 1 unspecified atom stereocenters. The molecule has 1 saturated heterocycles. The molecule has 2 atom stereocenters. The minimum atomic E-state index is -8.90. The highest BCUT2D eigenvalue weighted by Crippen LogP contribution is 2.71.